The summed E-state index contributed by atoms with van der Waals surface area (Å²) < 4.78 is 80.7. The topological polar surface area (TPSA) is 112 Å². The highest BCUT2D eigenvalue weighted by molar-refractivity contribution is 7.89. The number of anilines is 3. The fourth-order valence-electron chi connectivity index (χ4n) is 5.92. The summed E-state index contributed by atoms with van der Waals surface area (Å²) in [6.45, 7) is 4.03. The van der Waals surface area contributed by atoms with Crippen LogP contribution in [0.5, 0.6) is 5.75 Å². The van der Waals surface area contributed by atoms with E-state index in [1.54, 1.807) is 12.1 Å². The van der Waals surface area contributed by atoms with Crippen LogP contribution >= 0.6 is 0 Å². The molecule has 0 bridgehead atoms. The van der Waals surface area contributed by atoms with Gasteiger partial charge < -0.3 is 25.1 Å². The second-order valence-corrected chi connectivity index (χ2v) is 13.0. The number of H-pyrrole nitrogens is 1. The lowest BCUT2D eigenvalue weighted by atomic mass is 9.93. The highest BCUT2D eigenvalue weighted by atomic mass is 32.2. The van der Waals surface area contributed by atoms with Crippen LogP contribution in [-0.4, -0.2) is 86.2 Å². The van der Waals surface area contributed by atoms with Gasteiger partial charge >= 0.3 is 6.18 Å². The molecular weight excluding hydrogens is 573 g/mol. The molecule has 42 heavy (non-hydrogen) atoms. The van der Waals surface area contributed by atoms with Crippen molar-refractivity contribution in [1.29, 1.82) is 0 Å². The average Bonchev–Trinajstić information content (AvgIpc) is 3.41. The van der Waals surface area contributed by atoms with Crippen molar-refractivity contribution >= 4 is 38.2 Å². The monoisotopic (exact) mass is 608 g/mol. The lowest BCUT2D eigenvalue weighted by Crippen LogP contribution is -2.50. The molecule has 0 amide bonds. The third kappa shape index (κ3) is 5.77. The summed E-state index contributed by atoms with van der Waals surface area (Å²) >= 11 is 0. The van der Waals surface area contributed by atoms with E-state index in [2.05, 4.69) is 25.5 Å². The first-order valence-corrected chi connectivity index (χ1v) is 15.7. The van der Waals surface area contributed by atoms with Gasteiger partial charge in [-0.3, -0.25) is 4.90 Å². The lowest BCUT2D eigenvalue weighted by Gasteiger charge is -2.39. The number of halogens is 3. The fourth-order valence-corrected chi connectivity index (χ4v) is 7.41. The number of pyridine rings is 1. The van der Waals surface area contributed by atoms with Crippen molar-refractivity contribution in [3.63, 3.8) is 0 Å². The number of piperidine rings is 1. The maximum atomic E-state index is 13.7. The minimum absolute atomic E-state index is 0.00857. The van der Waals surface area contributed by atoms with E-state index in [0.717, 1.165) is 51.4 Å². The molecule has 0 spiro atoms. The molecule has 2 aromatic heterocycles. The second kappa shape index (κ2) is 11.5. The molecule has 228 valence electrons. The summed E-state index contributed by atoms with van der Waals surface area (Å²) in [4.78, 5) is 9.53. The molecule has 3 fully saturated rings. The van der Waals surface area contributed by atoms with Gasteiger partial charge in [-0.25, -0.2) is 13.4 Å². The maximum absolute atomic E-state index is 13.7. The molecule has 3 N–H and O–H groups in total. The molecule has 6 rings (SSSR count). The van der Waals surface area contributed by atoms with Crippen molar-refractivity contribution in [3.05, 3.63) is 36.0 Å². The predicted molar refractivity (Wildman–Crippen MR) is 153 cm³/mol. The first-order valence-electron chi connectivity index (χ1n) is 14.3. The van der Waals surface area contributed by atoms with E-state index in [-0.39, 0.29) is 27.7 Å². The second-order valence-electron chi connectivity index (χ2n) is 11.0. The Kier molecular flexibility index (Phi) is 7.98. The van der Waals surface area contributed by atoms with Gasteiger partial charge in [-0.1, -0.05) is 0 Å². The summed E-state index contributed by atoms with van der Waals surface area (Å²) in [5, 5.41) is 6.34. The van der Waals surface area contributed by atoms with E-state index in [4.69, 9.17) is 9.47 Å². The van der Waals surface area contributed by atoms with Crippen molar-refractivity contribution in [3.8, 4) is 5.75 Å². The number of methoxy groups -OCH3 is 1. The number of nitrogens with one attached hydrogen (secondary N) is 3. The molecule has 1 aliphatic carbocycles. The molecule has 0 atom stereocenters. The van der Waals surface area contributed by atoms with Gasteiger partial charge in [0.05, 0.1) is 41.9 Å². The molecule has 1 saturated carbocycles. The Morgan fingerprint density at radius 3 is 2.43 bits per heavy atom. The van der Waals surface area contributed by atoms with E-state index in [0.29, 0.717) is 49.5 Å². The summed E-state index contributed by atoms with van der Waals surface area (Å²) in [6, 6.07) is 6.56. The maximum Gasteiger partial charge on any atom is 0.418 e. The largest absolute Gasteiger partial charge is 0.495 e. The number of aromatic amines is 1. The zero-order valence-corrected chi connectivity index (χ0v) is 24.2. The first kappa shape index (κ1) is 29.0. The van der Waals surface area contributed by atoms with E-state index < -0.39 is 21.8 Å². The van der Waals surface area contributed by atoms with Crippen LogP contribution in [0.4, 0.5) is 30.4 Å². The SMILES string of the molecule is COc1cc(S(=O)(=O)N2CCC(N3CCOCC3)CC2)ccc1Nc1cc(NC2CCC2)c2c(C(F)(F)F)c[nH]c2n1. The van der Waals surface area contributed by atoms with Gasteiger partial charge in [0.15, 0.2) is 0 Å². The van der Waals surface area contributed by atoms with E-state index in [1.807, 2.05) is 0 Å². The number of benzene rings is 1. The van der Waals surface area contributed by atoms with Crippen LogP contribution in [0, 0.1) is 0 Å². The zero-order valence-electron chi connectivity index (χ0n) is 23.3. The molecule has 10 nitrogen and oxygen atoms in total. The Balaban J connectivity index is 1.22. The molecule has 4 heterocycles. The molecule has 3 aliphatic rings. The van der Waals surface area contributed by atoms with Crippen LogP contribution in [0.2, 0.25) is 0 Å². The van der Waals surface area contributed by atoms with Crippen LogP contribution in [0.25, 0.3) is 11.0 Å². The summed E-state index contributed by atoms with van der Waals surface area (Å²) in [5.41, 5.74) is 0.0817. The third-order valence-corrected chi connectivity index (χ3v) is 10.4. The number of sulfonamides is 1. The zero-order chi connectivity index (χ0) is 29.5. The molecule has 3 aromatic rings. The molecule has 14 heteroatoms. The highest BCUT2D eigenvalue weighted by Gasteiger charge is 2.36. The number of morpholine rings is 1. The van der Waals surface area contributed by atoms with Gasteiger partial charge in [0.2, 0.25) is 10.0 Å². The number of ether oxygens (including phenoxy) is 2. The van der Waals surface area contributed by atoms with Gasteiger partial charge in [-0.05, 0) is 44.2 Å². The Morgan fingerprint density at radius 2 is 1.79 bits per heavy atom. The summed E-state index contributed by atoms with van der Waals surface area (Å²) in [6.07, 6.45) is 0.700. The number of alkyl halides is 3. The van der Waals surface area contributed by atoms with Crippen molar-refractivity contribution in [2.45, 2.75) is 55.3 Å². The van der Waals surface area contributed by atoms with Gasteiger partial charge in [0.1, 0.15) is 17.2 Å². The number of hydrogen-bond donors (Lipinski definition) is 3. The van der Waals surface area contributed by atoms with Crippen LogP contribution < -0.4 is 15.4 Å². The van der Waals surface area contributed by atoms with Gasteiger partial charge in [-0.2, -0.15) is 17.5 Å². The number of fused-ring (bicyclic) bond motifs is 1. The molecular formula is C28H35F3N6O4S. The average molecular weight is 609 g/mol. The third-order valence-electron chi connectivity index (χ3n) is 8.47. The molecule has 0 unspecified atom stereocenters. The van der Waals surface area contributed by atoms with Gasteiger partial charge in [0, 0.05) is 62.3 Å². The molecule has 2 saturated heterocycles. The Morgan fingerprint density at radius 1 is 1.05 bits per heavy atom. The first-order chi connectivity index (χ1) is 20.1. The fraction of sp³-hybridized carbons (Fsp3) is 0.536. The molecule has 0 radical (unpaired) electrons. The Labute approximate surface area is 242 Å². The van der Waals surface area contributed by atoms with Crippen LogP contribution in [-0.2, 0) is 20.9 Å². The number of aromatic nitrogens is 2. The van der Waals surface area contributed by atoms with Gasteiger partial charge in [0.25, 0.3) is 0 Å². The minimum atomic E-state index is -4.53. The number of rotatable bonds is 8. The number of hydrogen-bond acceptors (Lipinski definition) is 8. The quantitative estimate of drug-likeness (QED) is 0.335. The molecule has 2 aliphatic heterocycles. The van der Waals surface area contributed by atoms with Crippen molar-refractivity contribution in [2.24, 2.45) is 0 Å². The Hall–Kier alpha value is -3.07. The van der Waals surface area contributed by atoms with Crippen molar-refractivity contribution < 1.29 is 31.1 Å². The smallest absolute Gasteiger partial charge is 0.418 e. The highest BCUT2D eigenvalue weighted by Crippen LogP contribution is 2.41. The van der Waals surface area contributed by atoms with Gasteiger partial charge in [-0.15, -0.1) is 0 Å². The van der Waals surface area contributed by atoms with Crippen LogP contribution in [0.15, 0.2) is 35.4 Å². The lowest BCUT2D eigenvalue weighted by molar-refractivity contribution is -0.136. The van der Waals surface area contributed by atoms with Crippen molar-refractivity contribution in [2.75, 3.05) is 57.1 Å². The standard InChI is InChI=1S/C28H35F3N6O4S/c1-40-24-15-20(42(38,39)37-9-7-19(8-10-37)36-11-13-41-14-12-36)5-6-22(24)34-25-16-23(33-18-3-2-4-18)26-21(28(29,30)31)17-32-27(26)35-25/h5-6,15-19H,2-4,7-14H2,1H3,(H3,32,33,34,35). The Bertz CT molecular complexity index is 1530. The van der Waals surface area contributed by atoms with E-state index in [1.165, 1.54) is 23.5 Å². The van der Waals surface area contributed by atoms with E-state index in [9.17, 15) is 21.6 Å². The van der Waals surface area contributed by atoms with Crippen LogP contribution in [0.1, 0.15) is 37.7 Å². The summed E-state index contributed by atoms with van der Waals surface area (Å²) in [7, 11) is -2.31. The summed E-state index contributed by atoms with van der Waals surface area (Å²) in [5.74, 6) is 0.566. The molecule has 1 aromatic carbocycles. The van der Waals surface area contributed by atoms with E-state index >= 15 is 0 Å². The van der Waals surface area contributed by atoms with Crippen LogP contribution in [0.3, 0.4) is 0 Å². The normalized spacial score (nSPS) is 20.0. The van der Waals surface area contributed by atoms with Crippen molar-refractivity contribution in [1.82, 2.24) is 19.2 Å². The predicted octanol–water partition coefficient (Wildman–Crippen LogP) is 4.78. The number of nitrogens with zero attached hydrogens (tertiary/aromatic N) is 3. The minimum Gasteiger partial charge on any atom is -0.495 e.